The van der Waals surface area contributed by atoms with Gasteiger partial charge in [-0.1, -0.05) is 6.92 Å². The minimum absolute atomic E-state index is 0.806. The summed E-state index contributed by atoms with van der Waals surface area (Å²) in [7, 11) is 0. The SMILES string of the molecule is CCc1nc(Br)cc(-c2nccn2CC)n1. The number of hydrogen-bond donors (Lipinski definition) is 0. The molecule has 0 atom stereocenters. The van der Waals surface area contributed by atoms with Crippen molar-refractivity contribution < 1.29 is 0 Å². The smallest absolute Gasteiger partial charge is 0.158 e. The Kier molecular flexibility index (Phi) is 3.33. The van der Waals surface area contributed by atoms with Gasteiger partial charge in [-0.2, -0.15) is 0 Å². The minimum Gasteiger partial charge on any atom is -0.330 e. The summed E-state index contributed by atoms with van der Waals surface area (Å²) in [6, 6.07) is 1.90. The molecule has 0 spiro atoms. The second-order valence-corrected chi connectivity index (χ2v) is 4.20. The number of hydrogen-bond acceptors (Lipinski definition) is 3. The molecular weight excluding hydrogens is 268 g/mol. The van der Waals surface area contributed by atoms with Crippen LogP contribution in [-0.4, -0.2) is 19.5 Å². The zero-order valence-electron chi connectivity index (χ0n) is 9.31. The third-order valence-corrected chi connectivity index (χ3v) is 2.75. The Morgan fingerprint density at radius 1 is 1.31 bits per heavy atom. The van der Waals surface area contributed by atoms with Gasteiger partial charge < -0.3 is 4.57 Å². The molecule has 2 aromatic heterocycles. The molecule has 0 saturated heterocycles. The van der Waals surface area contributed by atoms with E-state index in [2.05, 4.69) is 42.4 Å². The van der Waals surface area contributed by atoms with Crippen LogP contribution in [0.1, 0.15) is 19.7 Å². The van der Waals surface area contributed by atoms with E-state index in [1.54, 1.807) is 6.20 Å². The Hall–Kier alpha value is -1.23. The van der Waals surface area contributed by atoms with E-state index >= 15 is 0 Å². The van der Waals surface area contributed by atoms with Crippen molar-refractivity contribution in [1.82, 2.24) is 19.5 Å². The number of aryl methyl sites for hydroxylation is 2. The number of rotatable bonds is 3. The van der Waals surface area contributed by atoms with Crippen molar-refractivity contribution in [3.8, 4) is 11.5 Å². The van der Waals surface area contributed by atoms with E-state index in [-0.39, 0.29) is 0 Å². The Bertz CT molecular complexity index is 492. The second-order valence-electron chi connectivity index (χ2n) is 3.38. The van der Waals surface area contributed by atoms with E-state index in [0.717, 1.165) is 34.9 Å². The summed E-state index contributed by atoms with van der Waals surface area (Å²) in [4.78, 5) is 13.1. The Balaban J connectivity index is 2.51. The average Bonchev–Trinajstić information content (AvgIpc) is 2.76. The van der Waals surface area contributed by atoms with Crippen molar-refractivity contribution in [3.63, 3.8) is 0 Å². The van der Waals surface area contributed by atoms with Crippen molar-refractivity contribution >= 4 is 15.9 Å². The largest absolute Gasteiger partial charge is 0.330 e. The number of halogens is 1. The van der Waals surface area contributed by atoms with Crippen LogP contribution in [0.3, 0.4) is 0 Å². The molecule has 2 rings (SSSR count). The number of nitrogens with zero attached hydrogens (tertiary/aromatic N) is 4. The molecule has 0 unspecified atom stereocenters. The molecule has 0 saturated carbocycles. The van der Waals surface area contributed by atoms with Gasteiger partial charge in [0.15, 0.2) is 5.82 Å². The van der Waals surface area contributed by atoms with E-state index in [1.807, 2.05) is 19.2 Å². The molecule has 0 aliphatic rings. The van der Waals surface area contributed by atoms with Crippen LogP contribution in [0.25, 0.3) is 11.5 Å². The van der Waals surface area contributed by atoms with Crippen LogP contribution in [0, 0.1) is 0 Å². The molecule has 0 N–H and O–H groups in total. The van der Waals surface area contributed by atoms with Crippen LogP contribution in [0.5, 0.6) is 0 Å². The molecule has 0 aliphatic carbocycles. The van der Waals surface area contributed by atoms with Crippen LogP contribution < -0.4 is 0 Å². The summed E-state index contributed by atoms with van der Waals surface area (Å²) in [6.07, 6.45) is 4.57. The fourth-order valence-electron chi connectivity index (χ4n) is 1.53. The average molecular weight is 281 g/mol. The molecule has 84 valence electrons. The third-order valence-electron chi connectivity index (χ3n) is 2.34. The van der Waals surface area contributed by atoms with Gasteiger partial charge in [-0.05, 0) is 22.9 Å². The van der Waals surface area contributed by atoms with Gasteiger partial charge >= 0.3 is 0 Å². The molecule has 0 fully saturated rings. The van der Waals surface area contributed by atoms with Gasteiger partial charge in [0.1, 0.15) is 16.1 Å². The van der Waals surface area contributed by atoms with Crippen LogP contribution in [0.15, 0.2) is 23.1 Å². The first-order valence-electron chi connectivity index (χ1n) is 5.29. The number of aromatic nitrogens is 4. The lowest BCUT2D eigenvalue weighted by molar-refractivity contribution is 0.765. The lowest BCUT2D eigenvalue weighted by Crippen LogP contribution is -2.01. The van der Waals surface area contributed by atoms with E-state index in [4.69, 9.17) is 0 Å². The molecule has 16 heavy (non-hydrogen) atoms. The molecule has 0 aliphatic heterocycles. The summed E-state index contributed by atoms with van der Waals surface area (Å²) in [5.74, 6) is 1.72. The molecule has 0 aromatic carbocycles. The summed E-state index contributed by atoms with van der Waals surface area (Å²) in [5, 5.41) is 0. The maximum Gasteiger partial charge on any atom is 0.158 e. The van der Waals surface area contributed by atoms with Gasteiger partial charge in [-0.25, -0.2) is 15.0 Å². The lowest BCUT2D eigenvalue weighted by atomic mass is 10.3. The van der Waals surface area contributed by atoms with Crippen molar-refractivity contribution in [2.75, 3.05) is 0 Å². The fourth-order valence-corrected chi connectivity index (χ4v) is 1.96. The van der Waals surface area contributed by atoms with Gasteiger partial charge in [0.05, 0.1) is 0 Å². The van der Waals surface area contributed by atoms with Gasteiger partial charge in [-0.15, -0.1) is 0 Å². The third kappa shape index (κ3) is 2.14. The highest BCUT2D eigenvalue weighted by Gasteiger charge is 2.09. The topological polar surface area (TPSA) is 43.6 Å². The van der Waals surface area contributed by atoms with E-state index < -0.39 is 0 Å². The maximum atomic E-state index is 4.48. The predicted octanol–water partition coefficient (Wildman–Crippen LogP) is 2.68. The molecular formula is C11H13BrN4. The van der Waals surface area contributed by atoms with Gasteiger partial charge in [0.25, 0.3) is 0 Å². The molecule has 4 nitrogen and oxygen atoms in total. The van der Waals surface area contributed by atoms with Gasteiger partial charge in [0, 0.05) is 31.4 Å². The Morgan fingerprint density at radius 2 is 2.12 bits per heavy atom. The van der Waals surface area contributed by atoms with E-state index in [9.17, 15) is 0 Å². The molecule has 0 radical (unpaired) electrons. The normalized spacial score (nSPS) is 10.7. The Labute approximate surface area is 103 Å². The molecule has 2 aromatic rings. The standard InChI is InChI=1S/C11H13BrN4/c1-3-10-14-8(7-9(12)15-10)11-13-5-6-16(11)4-2/h5-7H,3-4H2,1-2H3. The first kappa shape index (κ1) is 11.3. The lowest BCUT2D eigenvalue weighted by Gasteiger charge is -2.05. The molecule has 2 heterocycles. The van der Waals surface area contributed by atoms with Crippen molar-refractivity contribution in [3.05, 3.63) is 28.9 Å². The summed E-state index contributed by atoms with van der Waals surface area (Å²) in [5.41, 5.74) is 0.866. The number of imidazole rings is 1. The van der Waals surface area contributed by atoms with Crippen molar-refractivity contribution in [2.45, 2.75) is 26.8 Å². The zero-order chi connectivity index (χ0) is 11.5. The second kappa shape index (κ2) is 4.74. The van der Waals surface area contributed by atoms with E-state index in [0.29, 0.717) is 0 Å². The highest BCUT2D eigenvalue weighted by Crippen LogP contribution is 2.18. The van der Waals surface area contributed by atoms with Crippen LogP contribution in [0.2, 0.25) is 0 Å². The van der Waals surface area contributed by atoms with E-state index in [1.165, 1.54) is 0 Å². The summed E-state index contributed by atoms with van der Waals surface area (Å²) >= 11 is 3.40. The van der Waals surface area contributed by atoms with Crippen molar-refractivity contribution in [2.24, 2.45) is 0 Å². The molecule has 5 heteroatoms. The fraction of sp³-hybridized carbons (Fsp3) is 0.364. The van der Waals surface area contributed by atoms with Crippen molar-refractivity contribution in [1.29, 1.82) is 0 Å². The van der Waals surface area contributed by atoms with Gasteiger partial charge in [0.2, 0.25) is 0 Å². The first-order chi connectivity index (χ1) is 7.74. The zero-order valence-corrected chi connectivity index (χ0v) is 10.9. The molecule has 0 amide bonds. The monoisotopic (exact) mass is 280 g/mol. The van der Waals surface area contributed by atoms with Gasteiger partial charge in [-0.3, -0.25) is 0 Å². The highest BCUT2D eigenvalue weighted by molar-refractivity contribution is 9.10. The quantitative estimate of drug-likeness (QED) is 0.812. The Morgan fingerprint density at radius 3 is 2.81 bits per heavy atom. The predicted molar refractivity (Wildman–Crippen MR) is 66.0 cm³/mol. The first-order valence-corrected chi connectivity index (χ1v) is 6.08. The molecule has 0 bridgehead atoms. The van der Waals surface area contributed by atoms with Crippen LogP contribution >= 0.6 is 15.9 Å². The highest BCUT2D eigenvalue weighted by atomic mass is 79.9. The summed E-state index contributed by atoms with van der Waals surface area (Å²) in [6.45, 7) is 5.01. The van der Waals surface area contributed by atoms with Crippen LogP contribution in [-0.2, 0) is 13.0 Å². The van der Waals surface area contributed by atoms with Crippen LogP contribution in [0.4, 0.5) is 0 Å². The summed E-state index contributed by atoms with van der Waals surface area (Å²) < 4.78 is 2.87. The minimum atomic E-state index is 0.806. The maximum absolute atomic E-state index is 4.48.